The van der Waals surface area contributed by atoms with Crippen LogP contribution < -0.4 is 0 Å². The molecule has 0 N–H and O–H groups in total. The smallest absolute Gasteiger partial charge is 0.164 e. The van der Waals surface area contributed by atoms with E-state index in [2.05, 4.69) is 140 Å². The average molecular weight is 753 g/mol. The molecule has 9 aromatic carbocycles. The van der Waals surface area contributed by atoms with Gasteiger partial charge in [0.25, 0.3) is 0 Å². The van der Waals surface area contributed by atoms with Crippen molar-refractivity contribution in [3.63, 3.8) is 0 Å². The molecule has 0 aliphatic heterocycles. The maximum Gasteiger partial charge on any atom is 0.164 e. The molecule has 0 saturated heterocycles. The van der Waals surface area contributed by atoms with Crippen LogP contribution in [0.15, 0.2) is 199 Å². The molecule has 2 heterocycles. The van der Waals surface area contributed by atoms with Crippen LogP contribution in [-0.2, 0) is 0 Å². The third-order valence-corrected chi connectivity index (χ3v) is 11.1. The van der Waals surface area contributed by atoms with E-state index in [1.807, 2.05) is 60.7 Å². The Hall–Kier alpha value is -8.20. The summed E-state index contributed by atoms with van der Waals surface area (Å²) in [4.78, 5) is 15.4. The van der Waals surface area contributed by atoms with Crippen LogP contribution in [0.3, 0.4) is 0 Å². The van der Waals surface area contributed by atoms with Gasteiger partial charge in [-0.3, -0.25) is 0 Å². The number of furan rings is 1. The zero-order valence-electron chi connectivity index (χ0n) is 31.7. The van der Waals surface area contributed by atoms with Crippen LogP contribution in [0, 0.1) is 11.3 Å². The van der Waals surface area contributed by atoms with Crippen molar-refractivity contribution in [3.05, 3.63) is 200 Å². The second-order valence-electron chi connectivity index (χ2n) is 14.7. The van der Waals surface area contributed by atoms with Gasteiger partial charge in [0.05, 0.1) is 11.6 Å². The quantitative estimate of drug-likeness (QED) is 0.158. The summed E-state index contributed by atoms with van der Waals surface area (Å²) in [6.45, 7) is 0. The maximum atomic E-state index is 9.58. The van der Waals surface area contributed by atoms with E-state index in [0.29, 0.717) is 23.0 Å². The van der Waals surface area contributed by atoms with Crippen molar-refractivity contribution in [1.29, 1.82) is 5.26 Å². The lowest BCUT2D eigenvalue weighted by Gasteiger charge is -2.11. The standard InChI is InChI=1S/C54H32N4O/c55-33-34-10-6-14-37(28-34)39-16-8-18-42(30-39)52-56-53(43-24-26-46-41(31-43)23-22-36-13-4-5-19-45(36)46)58-54(57-52)44-25-27-48-50(32-44)59-49-21-9-20-47(51(48)49)40-17-7-15-38(29-40)35-11-2-1-3-12-35/h1-32H. The van der Waals surface area contributed by atoms with Crippen LogP contribution in [0.4, 0.5) is 0 Å². The first-order chi connectivity index (χ1) is 29.1. The Kier molecular flexibility index (Phi) is 8.13. The topological polar surface area (TPSA) is 75.6 Å². The van der Waals surface area contributed by atoms with Crippen molar-refractivity contribution in [3.8, 4) is 73.6 Å². The average Bonchev–Trinajstić information content (AvgIpc) is 3.70. The van der Waals surface area contributed by atoms with E-state index in [-0.39, 0.29) is 0 Å². The largest absolute Gasteiger partial charge is 0.456 e. The molecule has 0 atom stereocenters. The van der Waals surface area contributed by atoms with E-state index in [0.717, 1.165) is 71.8 Å². The van der Waals surface area contributed by atoms with Gasteiger partial charge in [-0.2, -0.15) is 5.26 Å². The zero-order chi connectivity index (χ0) is 39.3. The van der Waals surface area contributed by atoms with Crippen molar-refractivity contribution in [2.75, 3.05) is 0 Å². The fourth-order valence-corrected chi connectivity index (χ4v) is 8.22. The summed E-state index contributed by atoms with van der Waals surface area (Å²) >= 11 is 0. The monoisotopic (exact) mass is 752 g/mol. The third-order valence-electron chi connectivity index (χ3n) is 11.1. The summed E-state index contributed by atoms with van der Waals surface area (Å²) in [5, 5.41) is 16.4. The first-order valence-electron chi connectivity index (χ1n) is 19.6. The molecule has 59 heavy (non-hydrogen) atoms. The van der Waals surface area contributed by atoms with Crippen molar-refractivity contribution in [1.82, 2.24) is 15.0 Å². The van der Waals surface area contributed by atoms with E-state index in [4.69, 9.17) is 19.4 Å². The lowest BCUT2D eigenvalue weighted by Crippen LogP contribution is -2.00. The van der Waals surface area contributed by atoms with Crippen LogP contribution in [0.25, 0.3) is 111 Å². The minimum Gasteiger partial charge on any atom is -0.456 e. The summed E-state index contributed by atoms with van der Waals surface area (Å²) in [5.74, 6) is 1.66. The van der Waals surface area contributed by atoms with Crippen molar-refractivity contribution >= 4 is 43.5 Å². The first-order valence-corrected chi connectivity index (χ1v) is 19.6. The second-order valence-corrected chi connectivity index (χ2v) is 14.7. The van der Waals surface area contributed by atoms with Crippen LogP contribution in [-0.4, -0.2) is 15.0 Å². The summed E-state index contributed by atoms with van der Waals surface area (Å²) < 4.78 is 6.59. The van der Waals surface area contributed by atoms with Gasteiger partial charge in [-0.1, -0.05) is 146 Å². The molecular weight excluding hydrogens is 721 g/mol. The minimum atomic E-state index is 0.540. The number of nitriles is 1. The molecule has 0 amide bonds. The van der Waals surface area contributed by atoms with Gasteiger partial charge in [-0.05, 0) is 103 Å². The summed E-state index contributed by atoms with van der Waals surface area (Å²) in [7, 11) is 0. The number of benzene rings is 9. The van der Waals surface area contributed by atoms with Crippen LogP contribution in [0.5, 0.6) is 0 Å². The van der Waals surface area contributed by atoms with Crippen LogP contribution in [0.2, 0.25) is 0 Å². The highest BCUT2D eigenvalue weighted by Gasteiger charge is 2.18. The van der Waals surface area contributed by atoms with E-state index >= 15 is 0 Å². The molecule has 0 bridgehead atoms. The summed E-state index contributed by atoms with van der Waals surface area (Å²) in [6, 6.07) is 68.8. The van der Waals surface area contributed by atoms with Crippen molar-refractivity contribution in [2.45, 2.75) is 0 Å². The minimum absolute atomic E-state index is 0.540. The molecule has 2 aromatic heterocycles. The fraction of sp³-hybridized carbons (Fsp3) is 0. The lowest BCUT2D eigenvalue weighted by atomic mass is 9.96. The Morgan fingerprint density at radius 2 is 0.915 bits per heavy atom. The molecule has 0 fully saturated rings. The van der Waals surface area contributed by atoms with E-state index in [9.17, 15) is 5.26 Å². The van der Waals surface area contributed by atoms with Gasteiger partial charge in [0.1, 0.15) is 11.2 Å². The van der Waals surface area contributed by atoms with Gasteiger partial charge in [-0.15, -0.1) is 0 Å². The maximum absolute atomic E-state index is 9.58. The number of aromatic nitrogens is 3. The Balaban J connectivity index is 1.06. The van der Waals surface area contributed by atoms with Gasteiger partial charge in [0.15, 0.2) is 17.5 Å². The van der Waals surface area contributed by atoms with Gasteiger partial charge < -0.3 is 4.42 Å². The Morgan fingerprint density at radius 3 is 1.71 bits per heavy atom. The molecule has 5 nitrogen and oxygen atoms in total. The molecule has 0 radical (unpaired) electrons. The molecule has 0 unspecified atom stereocenters. The SMILES string of the molecule is N#Cc1cccc(-c2cccc(-c3nc(-c4ccc5c(ccc6ccccc65)c4)nc(-c4ccc5c(c4)oc4cccc(-c6cccc(-c7ccccc7)c6)c45)n3)c2)c1. The molecule has 0 saturated carbocycles. The Bertz CT molecular complexity index is 3470. The number of hydrogen-bond acceptors (Lipinski definition) is 5. The highest BCUT2D eigenvalue weighted by Crippen LogP contribution is 2.40. The highest BCUT2D eigenvalue weighted by atomic mass is 16.3. The lowest BCUT2D eigenvalue weighted by molar-refractivity contribution is 0.669. The van der Waals surface area contributed by atoms with Crippen LogP contribution >= 0.6 is 0 Å². The summed E-state index contributed by atoms with van der Waals surface area (Å²) in [5.41, 5.74) is 11.2. The molecule has 11 rings (SSSR count). The number of fused-ring (bicyclic) bond motifs is 6. The number of rotatable bonds is 6. The predicted octanol–water partition coefficient (Wildman–Crippen LogP) is 14.0. The molecule has 0 aliphatic rings. The van der Waals surface area contributed by atoms with Crippen LogP contribution in [0.1, 0.15) is 5.56 Å². The molecule has 0 aliphatic carbocycles. The van der Waals surface area contributed by atoms with E-state index in [1.54, 1.807) is 0 Å². The molecule has 274 valence electrons. The Labute approximate surface area is 340 Å². The predicted molar refractivity (Wildman–Crippen MR) is 239 cm³/mol. The number of nitrogens with zero attached hydrogens (tertiary/aromatic N) is 4. The van der Waals surface area contributed by atoms with E-state index < -0.39 is 0 Å². The highest BCUT2D eigenvalue weighted by molar-refractivity contribution is 6.13. The van der Waals surface area contributed by atoms with Gasteiger partial charge in [-0.25, -0.2) is 15.0 Å². The van der Waals surface area contributed by atoms with E-state index in [1.165, 1.54) is 21.7 Å². The molecule has 0 spiro atoms. The molecule has 11 aromatic rings. The number of hydrogen-bond donors (Lipinski definition) is 0. The van der Waals surface area contributed by atoms with Gasteiger partial charge >= 0.3 is 0 Å². The van der Waals surface area contributed by atoms with Gasteiger partial charge in [0.2, 0.25) is 0 Å². The van der Waals surface area contributed by atoms with Crippen molar-refractivity contribution in [2.24, 2.45) is 0 Å². The third kappa shape index (κ3) is 6.17. The normalized spacial score (nSPS) is 11.4. The Morgan fingerprint density at radius 1 is 0.356 bits per heavy atom. The summed E-state index contributed by atoms with van der Waals surface area (Å²) in [6.07, 6.45) is 0. The molecule has 5 heteroatoms. The zero-order valence-corrected chi connectivity index (χ0v) is 31.7. The second kappa shape index (κ2) is 14.1. The van der Waals surface area contributed by atoms with Crippen molar-refractivity contribution < 1.29 is 4.42 Å². The first kappa shape index (κ1) is 34.1. The fourth-order valence-electron chi connectivity index (χ4n) is 8.22. The van der Waals surface area contributed by atoms with Gasteiger partial charge in [0, 0.05) is 27.5 Å². The molecular formula is C54H32N4O.